The van der Waals surface area contributed by atoms with Crippen molar-refractivity contribution in [3.63, 3.8) is 0 Å². The summed E-state index contributed by atoms with van der Waals surface area (Å²) in [6.45, 7) is 1.41. The maximum Gasteiger partial charge on any atom is 0.257 e. The SMILES string of the molecule is O=C(c1ccncc1O)N1CCC(CCl)CC1. The third kappa shape index (κ3) is 2.69. The average Bonchev–Trinajstić information content (AvgIpc) is 2.39. The molecule has 92 valence electrons. The van der Waals surface area contributed by atoms with Crippen molar-refractivity contribution in [1.82, 2.24) is 9.88 Å². The van der Waals surface area contributed by atoms with Crippen molar-refractivity contribution in [2.75, 3.05) is 19.0 Å². The van der Waals surface area contributed by atoms with Crippen molar-refractivity contribution < 1.29 is 9.90 Å². The summed E-state index contributed by atoms with van der Waals surface area (Å²) in [6, 6.07) is 1.55. The Balaban J connectivity index is 2.04. The molecule has 0 atom stereocenters. The summed E-state index contributed by atoms with van der Waals surface area (Å²) in [5, 5.41) is 9.58. The minimum atomic E-state index is -0.127. The molecule has 0 bridgehead atoms. The number of hydrogen-bond acceptors (Lipinski definition) is 3. The predicted molar refractivity (Wildman–Crippen MR) is 65.2 cm³/mol. The first-order valence-electron chi connectivity index (χ1n) is 5.70. The molecule has 0 unspecified atom stereocenters. The van der Waals surface area contributed by atoms with Crippen molar-refractivity contribution >= 4 is 17.5 Å². The highest BCUT2D eigenvalue weighted by Gasteiger charge is 2.24. The number of aromatic hydroxyl groups is 1. The molecule has 1 fully saturated rings. The topological polar surface area (TPSA) is 53.4 Å². The molecule has 5 heteroatoms. The fourth-order valence-corrected chi connectivity index (χ4v) is 2.34. The zero-order chi connectivity index (χ0) is 12.3. The van der Waals surface area contributed by atoms with E-state index in [0.717, 1.165) is 12.8 Å². The molecule has 0 aromatic carbocycles. The number of hydrogen-bond donors (Lipinski definition) is 1. The summed E-state index contributed by atoms with van der Waals surface area (Å²) in [6.07, 6.45) is 4.67. The number of alkyl halides is 1. The fraction of sp³-hybridized carbons (Fsp3) is 0.500. The van der Waals surface area contributed by atoms with E-state index in [-0.39, 0.29) is 11.7 Å². The molecule has 0 radical (unpaired) electrons. The lowest BCUT2D eigenvalue weighted by atomic mass is 9.98. The van der Waals surface area contributed by atoms with Gasteiger partial charge in [-0.1, -0.05) is 0 Å². The van der Waals surface area contributed by atoms with Crippen LogP contribution in [0, 0.1) is 5.92 Å². The standard InChI is InChI=1S/C12H15ClN2O2/c13-7-9-2-5-15(6-3-9)12(17)10-1-4-14-8-11(10)16/h1,4,8-9,16H,2-3,5-7H2. The van der Waals surface area contributed by atoms with Gasteiger partial charge >= 0.3 is 0 Å². The Hall–Kier alpha value is -1.29. The van der Waals surface area contributed by atoms with E-state index in [0.29, 0.717) is 30.5 Å². The van der Waals surface area contributed by atoms with Gasteiger partial charge in [-0.25, -0.2) is 0 Å². The van der Waals surface area contributed by atoms with Crippen LogP contribution in [-0.4, -0.2) is 39.9 Å². The van der Waals surface area contributed by atoms with Crippen LogP contribution in [0.3, 0.4) is 0 Å². The van der Waals surface area contributed by atoms with E-state index in [1.165, 1.54) is 12.4 Å². The number of aromatic nitrogens is 1. The van der Waals surface area contributed by atoms with Gasteiger partial charge in [0.25, 0.3) is 5.91 Å². The Bertz CT molecular complexity index is 403. The van der Waals surface area contributed by atoms with Crippen LogP contribution in [0.1, 0.15) is 23.2 Å². The zero-order valence-corrected chi connectivity index (χ0v) is 10.2. The molecule has 1 aliphatic heterocycles. The van der Waals surface area contributed by atoms with Gasteiger partial charge in [0.1, 0.15) is 5.75 Å². The maximum atomic E-state index is 12.1. The zero-order valence-electron chi connectivity index (χ0n) is 9.47. The smallest absolute Gasteiger partial charge is 0.257 e. The molecule has 1 aromatic heterocycles. The molecule has 1 aliphatic rings. The minimum Gasteiger partial charge on any atom is -0.505 e. The molecular weight excluding hydrogens is 240 g/mol. The van der Waals surface area contributed by atoms with Crippen molar-refractivity contribution in [3.05, 3.63) is 24.0 Å². The summed E-state index contributed by atoms with van der Waals surface area (Å²) in [4.78, 5) is 17.6. The van der Waals surface area contributed by atoms with Gasteiger partial charge in [0.05, 0.1) is 11.8 Å². The number of carbonyl (C=O) groups is 1. The van der Waals surface area contributed by atoms with Crippen LogP contribution in [0.2, 0.25) is 0 Å². The Morgan fingerprint density at radius 2 is 2.24 bits per heavy atom. The number of pyridine rings is 1. The van der Waals surface area contributed by atoms with Gasteiger partial charge in [-0.15, -0.1) is 11.6 Å². The molecule has 1 N–H and O–H groups in total. The van der Waals surface area contributed by atoms with E-state index in [4.69, 9.17) is 11.6 Å². The Morgan fingerprint density at radius 3 is 2.82 bits per heavy atom. The summed E-state index contributed by atoms with van der Waals surface area (Å²) < 4.78 is 0. The third-order valence-electron chi connectivity index (χ3n) is 3.15. The first-order chi connectivity index (χ1) is 8.22. The van der Waals surface area contributed by atoms with Crippen molar-refractivity contribution in [2.24, 2.45) is 5.92 Å². The van der Waals surface area contributed by atoms with Gasteiger partial charge in [-0.05, 0) is 24.8 Å². The molecule has 0 aliphatic carbocycles. The second kappa shape index (κ2) is 5.36. The number of rotatable bonds is 2. The quantitative estimate of drug-likeness (QED) is 0.820. The molecule has 4 nitrogen and oxygen atoms in total. The van der Waals surface area contributed by atoms with Crippen LogP contribution in [-0.2, 0) is 0 Å². The van der Waals surface area contributed by atoms with Crippen LogP contribution in [0.25, 0.3) is 0 Å². The molecule has 1 saturated heterocycles. The summed E-state index contributed by atoms with van der Waals surface area (Å²) in [5.74, 6) is 0.976. The van der Waals surface area contributed by atoms with Crippen LogP contribution < -0.4 is 0 Å². The summed E-state index contributed by atoms with van der Waals surface area (Å²) >= 11 is 5.80. The van der Waals surface area contributed by atoms with Gasteiger partial charge < -0.3 is 10.0 Å². The number of likely N-dealkylation sites (tertiary alicyclic amines) is 1. The fourth-order valence-electron chi connectivity index (χ4n) is 2.03. The van der Waals surface area contributed by atoms with E-state index in [2.05, 4.69) is 4.98 Å². The Morgan fingerprint density at radius 1 is 1.53 bits per heavy atom. The molecule has 17 heavy (non-hydrogen) atoms. The molecule has 2 heterocycles. The molecule has 1 amide bonds. The van der Waals surface area contributed by atoms with Crippen molar-refractivity contribution in [3.8, 4) is 5.75 Å². The molecular formula is C12H15ClN2O2. The number of nitrogens with zero attached hydrogens (tertiary/aromatic N) is 2. The predicted octanol–water partition coefficient (Wildman–Crippen LogP) is 1.88. The second-order valence-electron chi connectivity index (χ2n) is 4.28. The van der Waals surface area contributed by atoms with Crippen LogP contribution in [0.5, 0.6) is 5.75 Å². The van der Waals surface area contributed by atoms with Crippen LogP contribution in [0.4, 0.5) is 0 Å². The van der Waals surface area contributed by atoms with Gasteiger partial charge in [-0.2, -0.15) is 0 Å². The Kier molecular flexibility index (Phi) is 3.84. The lowest BCUT2D eigenvalue weighted by Crippen LogP contribution is -2.38. The maximum absolute atomic E-state index is 12.1. The third-order valence-corrected chi connectivity index (χ3v) is 3.59. The highest BCUT2D eigenvalue weighted by molar-refractivity contribution is 6.18. The van der Waals surface area contributed by atoms with E-state index in [1.54, 1.807) is 11.0 Å². The van der Waals surface area contributed by atoms with E-state index < -0.39 is 0 Å². The lowest BCUT2D eigenvalue weighted by Gasteiger charge is -2.31. The lowest BCUT2D eigenvalue weighted by molar-refractivity contribution is 0.0695. The highest BCUT2D eigenvalue weighted by atomic mass is 35.5. The van der Waals surface area contributed by atoms with Crippen LogP contribution >= 0.6 is 11.6 Å². The number of carbonyl (C=O) groups excluding carboxylic acids is 1. The summed E-state index contributed by atoms with van der Waals surface area (Å²) in [5.41, 5.74) is 0.323. The normalized spacial score (nSPS) is 17.1. The Labute approximate surface area is 105 Å². The summed E-state index contributed by atoms with van der Waals surface area (Å²) in [7, 11) is 0. The first-order valence-corrected chi connectivity index (χ1v) is 6.24. The average molecular weight is 255 g/mol. The molecule has 1 aromatic rings. The number of amides is 1. The van der Waals surface area contributed by atoms with Gasteiger partial charge in [-0.3, -0.25) is 9.78 Å². The van der Waals surface area contributed by atoms with E-state index in [9.17, 15) is 9.90 Å². The highest BCUT2D eigenvalue weighted by Crippen LogP contribution is 2.22. The van der Waals surface area contributed by atoms with E-state index in [1.807, 2.05) is 0 Å². The number of piperidine rings is 1. The molecule has 2 rings (SSSR count). The molecule has 0 saturated carbocycles. The van der Waals surface area contributed by atoms with Crippen molar-refractivity contribution in [1.29, 1.82) is 0 Å². The van der Waals surface area contributed by atoms with Crippen LogP contribution in [0.15, 0.2) is 18.5 Å². The molecule has 0 spiro atoms. The largest absolute Gasteiger partial charge is 0.505 e. The van der Waals surface area contributed by atoms with E-state index >= 15 is 0 Å². The monoisotopic (exact) mass is 254 g/mol. The van der Waals surface area contributed by atoms with Gasteiger partial charge in [0.15, 0.2) is 0 Å². The van der Waals surface area contributed by atoms with Gasteiger partial charge in [0, 0.05) is 25.2 Å². The van der Waals surface area contributed by atoms with Crippen molar-refractivity contribution in [2.45, 2.75) is 12.8 Å². The number of halogens is 1. The van der Waals surface area contributed by atoms with Gasteiger partial charge in [0.2, 0.25) is 0 Å². The second-order valence-corrected chi connectivity index (χ2v) is 4.59. The minimum absolute atomic E-state index is 0.0584. The first kappa shape index (κ1) is 12.2.